The number of nitrogens with zero attached hydrogens (tertiary/aromatic N) is 2. The highest BCUT2D eigenvalue weighted by Gasteiger charge is 2.29. The molecule has 45 heavy (non-hydrogen) atoms. The van der Waals surface area contributed by atoms with Crippen molar-refractivity contribution in [1.29, 1.82) is 0 Å². The normalized spacial score (nSPS) is 13.4. The Labute approximate surface area is 258 Å². The van der Waals surface area contributed by atoms with Crippen LogP contribution >= 0.6 is 0 Å². The Bertz CT molecular complexity index is 2070. The fourth-order valence-electron chi connectivity index (χ4n) is 6.01. The quantitative estimate of drug-likeness (QED) is 0.207. The van der Waals surface area contributed by atoms with Gasteiger partial charge in [-0.25, -0.2) is 19.6 Å². The van der Waals surface area contributed by atoms with E-state index in [9.17, 15) is 9.59 Å². The Hall–Kier alpha value is -5.70. The first-order chi connectivity index (χ1) is 22.1. The third-order valence-electron chi connectivity index (χ3n) is 8.16. The topological polar surface area (TPSA) is 119 Å². The first-order valence-corrected chi connectivity index (χ1v) is 14.7. The number of ether oxygens (including phenoxy) is 2. The maximum atomic E-state index is 12.9. The molecule has 0 unspecified atom stereocenters. The van der Waals surface area contributed by atoms with Crippen LogP contribution in [-0.2, 0) is 27.2 Å². The van der Waals surface area contributed by atoms with Crippen LogP contribution in [0.4, 0.5) is 4.79 Å². The van der Waals surface area contributed by atoms with Gasteiger partial charge in [-0.05, 0) is 46.0 Å². The molecule has 6 aromatic rings. The summed E-state index contributed by atoms with van der Waals surface area (Å²) in [5.74, 6) is -0.323. The van der Waals surface area contributed by atoms with Crippen molar-refractivity contribution in [3.05, 3.63) is 131 Å². The minimum absolute atomic E-state index is 0.0324. The van der Waals surface area contributed by atoms with Crippen molar-refractivity contribution < 1.29 is 23.5 Å². The van der Waals surface area contributed by atoms with E-state index >= 15 is 0 Å². The van der Waals surface area contributed by atoms with Crippen molar-refractivity contribution in [2.75, 3.05) is 13.7 Å². The van der Waals surface area contributed by atoms with Gasteiger partial charge < -0.3 is 24.2 Å². The van der Waals surface area contributed by atoms with Crippen LogP contribution in [0.25, 0.3) is 32.9 Å². The monoisotopic (exact) mass is 598 g/mol. The van der Waals surface area contributed by atoms with E-state index in [1.54, 1.807) is 0 Å². The smallest absolute Gasteiger partial charge is 0.407 e. The predicted octanol–water partition coefficient (Wildman–Crippen LogP) is 6.03. The number of methoxy groups -OCH3 is 1. The number of hydrogen-bond donors (Lipinski definition) is 2. The fraction of sp³-hybridized carbons (Fsp3) is 0.167. The minimum Gasteiger partial charge on any atom is -0.467 e. The molecule has 1 aliphatic carbocycles. The lowest BCUT2D eigenvalue weighted by molar-refractivity contribution is -0.142. The minimum atomic E-state index is -0.869. The number of nitrogens with one attached hydrogen (secondary N) is 2. The molecule has 0 spiro atoms. The summed E-state index contributed by atoms with van der Waals surface area (Å²) in [6, 6.07) is 30.7. The number of hydrogen-bond acceptors (Lipinski definition) is 7. The number of fused-ring (bicyclic) bond motifs is 5. The predicted molar refractivity (Wildman–Crippen MR) is 169 cm³/mol. The van der Waals surface area contributed by atoms with E-state index in [4.69, 9.17) is 18.9 Å². The van der Waals surface area contributed by atoms with Crippen LogP contribution < -0.4 is 10.9 Å². The van der Waals surface area contributed by atoms with Gasteiger partial charge in [-0.3, -0.25) is 0 Å². The van der Waals surface area contributed by atoms with Crippen molar-refractivity contribution in [3.8, 4) is 11.1 Å². The van der Waals surface area contributed by atoms with Crippen LogP contribution in [0.15, 0.2) is 113 Å². The zero-order valence-electron chi connectivity index (χ0n) is 24.5. The largest absolute Gasteiger partial charge is 0.467 e. The molecule has 9 heteroatoms. The highest BCUT2D eigenvalue weighted by atomic mass is 16.5. The van der Waals surface area contributed by atoms with Gasteiger partial charge in [0.25, 0.3) is 0 Å². The van der Waals surface area contributed by atoms with Crippen molar-refractivity contribution in [3.63, 3.8) is 0 Å². The van der Waals surface area contributed by atoms with Gasteiger partial charge in [0.2, 0.25) is 11.4 Å². The second kappa shape index (κ2) is 12.1. The Kier molecular flexibility index (Phi) is 7.57. The lowest BCUT2D eigenvalue weighted by atomic mass is 9.98. The summed E-state index contributed by atoms with van der Waals surface area (Å²) in [5.41, 5.74) is 7.33. The van der Waals surface area contributed by atoms with Gasteiger partial charge in [-0.2, -0.15) is 0 Å². The number of benzene rings is 4. The van der Waals surface area contributed by atoms with E-state index in [1.807, 2.05) is 79.0 Å². The van der Waals surface area contributed by atoms with Gasteiger partial charge in [0.05, 0.1) is 24.6 Å². The number of aromatic amines is 1. The number of aromatic nitrogens is 2. The highest BCUT2D eigenvalue weighted by molar-refractivity contribution is 5.85. The second-order valence-corrected chi connectivity index (χ2v) is 10.8. The van der Waals surface area contributed by atoms with Gasteiger partial charge in [-0.1, -0.05) is 78.9 Å². The van der Waals surface area contributed by atoms with Gasteiger partial charge in [0, 0.05) is 29.4 Å². The van der Waals surface area contributed by atoms with Gasteiger partial charge in [0.1, 0.15) is 6.61 Å². The van der Waals surface area contributed by atoms with Crippen LogP contribution in [0.2, 0.25) is 0 Å². The summed E-state index contributed by atoms with van der Waals surface area (Å²) < 4.78 is 16.9. The molecule has 2 N–H and O–H groups in total. The Morgan fingerprint density at radius 1 is 0.911 bits per heavy atom. The summed E-state index contributed by atoms with van der Waals surface area (Å²) in [6.45, 7) is 0.159. The van der Waals surface area contributed by atoms with E-state index in [1.165, 1.54) is 7.11 Å². The molecule has 1 aliphatic rings. The van der Waals surface area contributed by atoms with E-state index in [2.05, 4.69) is 39.6 Å². The van der Waals surface area contributed by atoms with Crippen molar-refractivity contribution >= 4 is 33.9 Å². The third-order valence-corrected chi connectivity index (χ3v) is 8.16. The average molecular weight is 599 g/mol. The summed E-state index contributed by atoms with van der Waals surface area (Å²) in [7, 11) is 1.34. The maximum Gasteiger partial charge on any atom is 0.407 e. The molecule has 4 aromatic carbocycles. The molecule has 0 fully saturated rings. The number of carbonyl (C=O) groups excluding carboxylic acids is 2. The molecule has 2 heterocycles. The highest BCUT2D eigenvalue weighted by Crippen LogP contribution is 2.44. The van der Waals surface area contributed by atoms with E-state index in [0.717, 1.165) is 38.7 Å². The van der Waals surface area contributed by atoms with Crippen molar-refractivity contribution in [2.45, 2.75) is 24.9 Å². The summed E-state index contributed by atoms with van der Waals surface area (Å²) in [4.78, 5) is 38.3. The van der Waals surface area contributed by atoms with Gasteiger partial charge >= 0.3 is 12.1 Å². The maximum absolute atomic E-state index is 12.9. The molecule has 7 rings (SSSR count). The number of carbonyl (C=O) groups is 2. The molecule has 0 radical (unpaired) electrons. The lowest BCUT2D eigenvalue weighted by Crippen LogP contribution is -2.28. The molecule has 0 aliphatic heterocycles. The first kappa shape index (κ1) is 28.1. The van der Waals surface area contributed by atoms with Crippen LogP contribution in [-0.4, -0.2) is 41.8 Å². The van der Waals surface area contributed by atoms with Crippen LogP contribution in [0, 0.1) is 0 Å². The molecular formula is C36H30N4O5. The number of para-hydroxylation sites is 2. The lowest BCUT2D eigenvalue weighted by Gasteiger charge is -2.14. The third kappa shape index (κ3) is 5.56. The van der Waals surface area contributed by atoms with E-state index in [0.29, 0.717) is 17.3 Å². The number of rotatable bonds is 8. The zero-order valence-corrected chi connectivity index (χ0v) is 24.5. The molecule has 9 nitrogen and oxygen atoms in total. The number of esters is 1. The average Bonchev–Trinajstić information content (AvgIpc) is 3.64. The molecule has 0 bridgehead atoms. The molecule has 0 saturated carbocycles. The van der Waals surface area contributed by atoms with E-state index in [-0.39, 0.29) is 30.5 Å². The number of H-pyrrole nitrogens is 1. The first-order valence-electron chi connectivity index (χ1n) is 14.7. The van der Waals surface area contributed by atoms with Crippen molar-refractivity contribution in [2.24, 2.45) is 4.99 Å². The molecule has 0 saturated heterocycles. The summed E-state index contributed by atoms with van der Waals surface area (Å²) in [6.07, 6.45) is 1.59. The number of alkyl carbamates (subject to hydrolysis) is 1. The molecule has 1 amide bonds. The van der Waals surface area contributed by atoms with Gasteiger partial charge in [-0.15, -0.1) is 0 Å². The number of amides is 1. The van der Waals surface area contributed by atoms with Gasteiger partial charge in [0.15, 0.2) is 6.04 Å². The second-order valence-electron chi connectivity index (χ2n) is 10.8. The Morgan fingerprint density at radius 2 is 1.58 bits per heavy atom. The Morgan fingerprint density at radius 3 is 2.33 bits per heavy atom. The molecule has 2 aromatic heterocycles. The van der Waals surface area contributed by atoms with Crippen LogP contribution in [0.5, 0.6) is 0 Å². The Balaban J connectivity index is 1.11. The molecular weight excluding hydrogens is 568 g/mol. The summed E-state index contributed by atoms with van der Waals surface area (Å²) in [5, 5.41) is 4.39. The summed E-state index contributed by atoms with van der Waals surface area (Å²) >= 11 is 0. The van der Waals surface area contributed by atoms with Crippen molar-refractivity contribution in [1.82, 2.24) is 15.3 Å². The standard InChI is InChI=1S/C36H30N4O5/c1-43-35(41)32(18-22-19-37-30-16-8-6-10-23(22)30)40-34-28-15-7-9-17-31(28)39-33(45-34)20-38-36(42)44-21-29-26-13-4-2-11-24(26)25-12-3-5-14-27(25)29/h2-17,19,29,32,37H,18,20-21H2,1H3,(H,38,42)/t32-/m1/s1. The van der Waals surface area contributed by atoms with E-state index < -0.39 is 18.1 Å². The fourth-order valence-corrected chi connectivity index (χ4v) is 6.01. The molecule has 224 valence electrons. The van der Waals surface area contributed by atoms with Crippen LogP contribution in [0.3, 0.4) is 0 Å². The molecule has 1 atom stereocenters. The SMILES string of the molecule is COC(=O)[C@@H](Cc1c[nH]c2ccccc12)N=c1oc(CNC(=O)OCC2c3ccccc3-c3ccccc32)nc2ccccc12. The van der Waals surface area contributed by atoms with Crippen LogP contribution in [0.1, 0.15) is 28.5 Å². The zero-order chi connectivity index (χ0) is 30.8.